The smallest absolute Gasteiger partial charge is 0.426 e. The number of halogens is 3. The first-order valence-corrected chi connectivity index (χ1v) is 7.25. The molecule has 0 aliphatic carbocycles. The van der Waals surface area contributed by atoms with Gasteiger partial charge in [-0.15, -0.1) is 0 Å². The Kier molecular flexibility index (Phi) is 4.83. The molecule has 1 N–H and O–H groups in total. The van der Waals surface area contributed by atoms with E-state index in [1.54, 1.807) is 32.0 Å². The van der Waals surface area contributed by atoms with Gasteiger partial charge in [-0.05, 0) is 24.0 Å². The minimum absolute atomic E-state index is 0.0809. The highest BCUT2D eigenvalue weighted by molar-refractivity contribution is 5.81. The number of rotatable bonds is 3. The van der Waals surface area contributed by atoms with Gasteiger partial charge < -0.3 is 10.1 Å². The van der Waals surface area contributed by atoms with Gasteiger partial charge in [0.2, 0.25) is 12.0 Å². The maximum Gasteiger partial charge on any atom is 0.426 e. The zero-order valence-corrected chi connectivity index (χ0v) is 12.7. The van der Waals surface area contributed by atoms with Gasteiger partial charge in [0, 0.05) is 0 Å². The monoisotopic (exact) mass is 326 g/mol. The van der Waals surface area contributed by atoms with Gasteiger partial charge in [0.25, 0.3) is 0 Å². The van der Waals surface area contributed by atoms with E-state index in [0.717, 1.165) is 0 Å². The van der Waals surface area contributed by atoms with Crippen molar-refractivity contribution in [2.75, 3.05) is 0 Å². The predicted octanol–water partition coefficient (Wildman–Crippen LogP) is 2.83. The second-order valence-electron chi connectivity index (χ2n) is 5.86. The maximum atomic E-state index is 13.3. The summed E-state index contributed by atoms with van der Waals surface area (Å²) in [6.45, 7) is 3.42. The fourth-order valence-corrected chi connectivity index (χ4v) is 2.48. The highest BCUT2D eigenvalue weighted by Gasteiger charge is 2.52. The molecule has 1 amide bonds. The molecule has 1 aliphatic heterocycles. The number of alkyl halides is 3. The quantitative estimate of drug-likeness (QED) is 0.929. The Balaban J connectivity index is 2.27. The molecule has 1 aromatic carbocycles. The lowest BCUT2D eigenvalue weighted by atomic mass is 9.89. The van der Waals surface area contributed by atoms with Crippen LogP contribution in [-0.4, -0.2) is 24.2 Å². The van der Waals surface area contributed by atoms with Gasteiger partial charge >= 0.3 is 6.18 Å². The summed E-state index contributed by atoms with van der Waals surface area (Å²) in [5, 5.41) is 11.4. The fraction of sp³-hybridized carbons (Fsp3) is 0.500. The van der Waals surface area contributed by atoms with Crippen LogP contribution < -0.4 is 10.1 Å². The van der Waals surface area contributed by atoms with E-state index in [1.165, 1.54) is 6.07 Å². The Morgan fingerprint density at radius 2 is 2.04 bits per heavy atom. The molecular formula is C16H17F3N2O2. The molecule has 0 radical (unpaired) electrons. The molecule has 2 rings (SSSR count). The van der Waals surface area contributed by atoms with E-state index in [0.29, 0.717) is 5.56 Å². The molecule has 124 valence electrons. The molecule has 23 heavy (non-hydrogen) atoms. The summed E-state index contributed by atoms with van der Waals surface area (Å²) in [7, 11) is 0. The summed E-state index contributed by atoms with van der Waals surface area (Å²) in [5.74, 6) is -2.30. The van der Waals surface area contributed by atoms with Gasteiger partial charge in [-0.3, -0.25) is 4.79 Å². The van der Waals surface area contributed by atoms with Crippen molar-refractivity contribution < 1.29 is 22.7 Å². The van der Waals surface area contributed by atoms with Crippen molar-refractivity contribution in [2.45, 2.75) is 38.6 Å². The lowest BCUT2D eigenvalue weighted by Gasteiger charge is -2.34. The van der Waals surface area contributed by atoms with Crippen LogP contribution in [0.4, 0.5) is 13.2 Å². The topological polar surface area (TPSA) is 62.1 Å². The number of nitriles is 1. The number of carbonyl (C=O) groups is 1. The largest absolute Gasteiger partial charge is 0.480 e. The van der Waals surface area contributed by atoms with Gasteiger partial charge in [-0.25, -0.2) is 0 Å². The number of carbonyl (C=O) groups excluding carboxylic acids is 1. The average Bonchev–Trinajstić information content (AvgIpc) is 2.49. The molecule has 1 aliphatic rings. The zero-order valence-electron chi connectivity index (χ0n) is 12.7. The number of hydrogen-bond donors (Lipinski definition) is 1. The zero-order chi connectivity index (χ0) is 17.2. The first-order valence-electron chi connectivity index (χ1n) is 7.25. The van der Waals surface area contributed by atoms with Crippen molar-refractivity contribution in [3.63, 3.8) is 0 Å². The minimum atomic E-state index is -4.67. The molecule has 0 bridgehead atoms. The molecule has 1 aromatic rings. The highest BCUT2D eigenvalue weighted by atomic mass is 19.4. The third kappa shape index (κ3) is 3.76. The van der Waals surface area contributed by atoms with Crippen molar-refractivity contribution in [1.29, 1.82) is 5.26 Å². The summed E-state index contributed by atoms with van der Waals surface area (Å²) in [6, 6.07) is 7.39. The molecule has 0 saturated heterocycles. The molecular weight excluding hydrogens is 309 g/mol. The van der Waals surface area contributed by atoms with Gasteiger partial charge in [0.15, 0.2) is 0 Å². The standard InChI is InChI=1S/C16H17F3N2O2/c1-9(2)12(8-20)21-15(22)11-7-10-5-3-4-6-13(10)23-14(11)16(17,18)19/h3-6,9,11-12,14H,7H2,1-2H3,(H,21,22)/t11-,12?,14-/m0/s1. The molecule has 0 saturated carbocycles. The Morgan fingerprint density at radius 1 is 1.39 bits per heavy atom. The summed E-state index contributed by atoms with van der Waals surface area (Å²) < 4.78 is 44.8. The lowest BCUT2D eigenvalue weighted by Crippen LogP contribution is -2.53. The maximum absolute atomic E-state index is 13.3. The van der Waals surface area contributed by atoms with E-state index < -0.39 is 30.1 Å². The average molecular weight is 326 g/mol. The van der Waals surface area contributed by atoms with E-state index in [4.69, 9.17) is 10.00 Å². The fourth-order valence-electron chi connectivity index (χ4n) is 2.48. The molecule has 0 fully saturated rings. The lowest BCUT2D eigenvalue weighted by molar-refractivity contribution is -0.213. The summed E-state index contributed by atoms with van der Waals surface area (Å²) in [6.07, 6.45) is -6.97. The number of nitrogens with zero attached hydrogens (tertiary/aromatic N) is 1. The van der Waals surface area contributed by atoms with Crippen LogP contribution in [0.1, 0.15) is 19.4 Å². The van der Waals surface area contributed by atoms with Gasteiger partial charge in [0.05, 0.1) is 12.0 Å². The molecule has 0 aromatic heterocycles. The van der Waals surface area contributed by atoms with Crippen LogP contribution in [0.3, 0.4) is 0 Å². The number of para-hydroxylation sites is 1. The summed E-state index contributed by atoms with van der Waals surface area (Å²) in [4.78, 5) is 12.3. The first-order chi connectivity index (χ1) is 10.7. The predicted molar refractivity (Wildman–Crippen MR) is 76.5 cm³/mol. The molecule has 3 atom stereocenters. The van der Waals surface area contributed by atoms with Gasteiger partial charge in [0.1, 0.15) is 11.8 Å². The highest BCUT2D eigenvalue weighted by Crippen LogP contribution is 2.38. The number of ether oxygens (including phenoxy) is 1. The van der Waals surface area contributed by atoms with E-state index >= 15 is 0 Å². The first kappa shape index (κ1) is 17.1. The number of fused-ring (bicyclic) bond motifs is 1. The second-order valence-corrected chi connectivity index (χ2v) is 5.86. The summed E-state index contributed by atoms with van der Waals surface area (Å²) in [5.41, 5.74) is 0.547. The van der Waals surface area contributed by atoms with Crippen molar-refractivity contribution in [2.24, 2.45) is 11.8 Å². The SMILES string of the molecule is CC(C)C(C#N)NC(=O)[C@H]1Cc2ccccc2O[C@@H]1C(F)(F)F. The number of benzene rings is 1. The van der Waals surface area contributed by atoms with Crippen LogP contribution in [0.5, 0.6) is 5.75 Å². The number of amides is 1. The van der Waals surface area contributed by atoms with Crippen molar-refractivity contribution >= 4 is 5.91 Å². The second kappa shape index (κ2) is 6.49. The van der Waals surface area contributed by atoms with E-state index in [-0.39, 0.29) is 18.1 Å². The van der Waals surface area contributed by atoms with Crippen molar-refractivity contribution in [1.82, 2.24) is 5.32 Å². The third-order valence-corrected chi connectivity index (χ3v) is 3.79. The van der Waals surface area contributed by atoms with Crippen molar-refractivity contribution in [3.05, 3.63) is 29.8 Å². The van der Waals surface area contributed by atoms with Gasteiger partial charge in [-0.1, -0.05) is 32.0 Å². The van der Waals surface area contributed by atoms with Crippen LogP contribution in [-0.2, 0) is 11.2 Å². The van der Waals surface area contributed by atoms with Gasteiger partial charge in [-0.2, -0.15) is 18.4 Å². The van der Waals surface area contributed by atoms with Crippen LogP contribution in [0, 0.1) is 23.2 Å². The molecule has 1 unspecified atom stereocenters. The minimum Gasteiger partial charge on any atom is -0.480 e. The Hall–Kier alpha value is -2.23. The normalized spacial score (nSPS) is 21.8. The number of nitrogens with one attached hydrogen (secondary N) is 1. The van der Waals surface area contributed by atoms with Crippen molar-refractivity contribution in [3.8, 4) is 11.8 Å². The Labute approximate surface area is 132 Å². The van der Waals surface area contributed by atoms with Crippen LogP contribution in [0.15, 0.2) is 24.3 Å². The van der Waals surface area contributed by atoms with E-state index in [1.807, 2.05) is 6.07 Å². The van der Waals surface area contributed by atoms with E-state index in [9.17, 15) is 18.0 Å². The third-order valence-electron chi connectivity index (χ3n) is 3.79. The molecule has 0 spiro atoms. The Morgan fingerprint density at radius 3 is 2.61 bits per heavy atom. The molecule has 4 nitrogen and oxygen atoms in total. The van der Waals surface area contributed by atoms with E-state index in [2.05, 4.69) is 5.32 Å². The van der Waals surface area contributed by atoms with Crippen LogP contribution in [0.25, 0.3) is 0 Å². The summed E-state index contributed by atoms with van der Waals surface area (Å²) >= 11 is 0. The Bertz CT molecular complexity index is 622. The van der Waals surface area contributed by atoms with Crippen LogP contribution >= 0.6 is 0 Å². The number of hydrogen-bond acceptors (Lipinski definition) is 3. The van der Waals surface area contributed by atoms with Crippen LogP contribution in [0.2, 0.25) is 0 Å². The molecule has 7 heteroatoms. The molecule has 1 heterocycles.